The molecule has 0 unspecified atom stereocenters. The molecule has 0 amide bonds. The molecule has 0 aliphatic carbocycles. The van der Waals surface area contributed by atoms with Crippen molar-refractivity contribution < 1.29 is 18.3 Å². The van der Waals surface area contributed by atoms with Gasteiger partial charge in [0.05, 0.1) is 17.7 Å². The van der Waals surface area contributed by atoms with Crippen molar-refractivity contribution in [2.75, 3.05) is 0 Å². The van der Waals surface area contributed by atoms with Crippen LogP contribution in [0, 0.1) is 5.92 Å². The molecule has 0 aromatic heterocycles. The highest BCUT2D eigenvalue weighted by atomic mass is 79.9. The van der Waals surface area contributed by atoms with Crippen LogP contribution in [0.25, 0.3) is 0 Å². The number of benzene rings is 1. The monoisotopic (exact) mass is 353 g/mol. The van der Waals surface area contributed by atoms with Crippen LogP contribution in [0.1, 0.15) is 43.9 Å². The Morgan fingerprint density at radius 3 is 2.35 bits per heavy atom. The second-order valence-electron chi connectivity index (χ2n) is 5.30. The number of rotatable bonds is 5. The molecule has 1 aromatic carbocycles. The maximum atomic E-state index is 12.7. The standard InChI is InChI=1S/C14H19BrF3NO/c1-8(2)3-6-12(20)13(19)10-7-9(14(16,17)18)4-5-11(10)15/h4-5,7-8,12-13,20H,3,6,19H2,1-2H3/t12-,13+/m0/s1. The molecule has 0 fully saturated rings. The van der Waals surface area contributed by atoms with Crippen molar-refractivity contribution in [2.24, 2.45) is 11.7 Å². The molecule has 0 aliphatic heterocycles. The van der Waals surface area contributed by atoms with E-state index in [2.05, 4.69) is 15.9 Å². The molecule has 0 radical (unpaired) electrons. The predicted molar refractivity (Wildman–Crippen MR) is 76.2 cm³/mol. The minimum absolute atomic E-state index is 0.274. The summed E-state index contributed by atoms with van der Waals surface area (Å²) in [4.78, 5) is 0. The Kier molecular flexibility index (Phi) is 6.04. The van der Waals surface area contributed by atoms with E-state index in [1.165, 1.54) is 6.07 Å². The maximum Gasteiger partial charge on any atom is 0.416 e. The van der Waals surface area contributed by atoms with Gasteiger partial charge in [-0.25, -0.2) is 0 Å². The van der Waals surface area contributed by atoms with Crippen LogP contribution < -0.4 is 5.73 Å². The molecule has 6 heteroatoms. The SMILES string of the molecule is CC(C)CC[C@H](O)[C@H](N)c1cc(C(F)(F)F)ccc1Br. The molecule has 114 valence electrons. The van der Waals surface area contributed by atoms with Gasteiger partial charge in [-0.1, -0.05) is 29.8 Å². The van der Waals surface area contributed by atoms with E-state index >= 15 is 0 Å². The third kappa shape index (κ3) is 4.75. The minimum Gasteiger partial charge on any atom is -0.391 e. The Morgan fingerprint density at radius 2 is 1.85 bits per heavy atom. The van der Waals surface area contributed by atoms with Crippen molar-refractivity contribution in [1.29, 1.82) is 0 Å². The van der Waals surface area contributed by atoms with Crippen LogP contribution in [0.15, 0.2) is 22.7 Å². The van der Waals surface area contributed by atoms with Gasteiger partial charge in [0.2, 0.25) is 0 Å². The largest absolute Gasteiger partial charge is 0.416 e. The van der Waals surface area contributed by atoms with E-state index in [0.717, 1.165) is 18.6 Å². The quantitative estimate of drug-likeness (QED) is 0.830. The van der Waals surface area contributed by atoms with Crippen LogP contribution in [0.4, 0.5) is 13.2 Å². The second-order valence-corrected chi connectivity index (χ2v) is 6.15. The Hall–Kier alpha value is -0.590. The number of alkyl halides is 3. The molecular weight excluding hydrogens is 335 g/mol. The highest BCUT2D eigenvalue weighted by Gasteiger charge is 2.32. The van der Waals surface area contributed by atoms with E-state index in [4.69, 9.17) is 5.73 Å². The Labute approximate surface area is 125 Å². The molecule has 0 saturated carbocycles. The summed E-state index contributed by atoms with van der Waals surface area (Å²) >= 11 is 3.19. The van der Waals surface area contributed by atoms with Gasteiger partial charge in [0.15, 0.2) is 0 Å². The summed E-state index contributed by atoms with van der Waals surface area (Å²) in [5.41, 5.74) is 5.40. The highest BCUT2D eigenvalue weighted by Crippen LogP contribution is 2.34. The Bertz CT molecular complexity index is 449. The summed E-state index contributed by atoms with van der Waals surface area (Å²) in [5.74, 6) is 0.404. The summed E-state index contributed by atoms with van der Waals surface area (Å²) in [6.07, 6.45) is -4.05. The number of halogens is 4. The van der Waals surface area contributed by atoms with Crippen molar-refractivity contribution >= 4 is 15.9 Å². The smallest absolute Gasteiger partial charge is 0.391 e. The fourth-order valence-corrected chi connectivity index (χ4v) is 2.38. The van der Waals surface area contributed by atoms with Gasteiger partial charge in [-0.2, -0.15) is 13.2 Å². The zero-order valence-corrected chi connectivity index (χ0v) is 13.0. The fraction of sp³-hybridized carbons (Fsp3) is 0.571. The summed E-state index contributed by atoms with van der Waals surface area (Å²) in [6, 6.07) is 2.45. The van der Waals surface area contributed by atoms with Crippen LogP contribution in [0.5, 0.6) is 0 Å². The van der Waals surface area contributed by atoms with Gasteiger partial charge in [-0.15, -0.1) is 0 Å². The fourth-order valence-electron chi connectivity index (χ4n) is 1.87. The van der Waals surface area contributed by atoms with E-state index in [-0.39, 0.29) is 5.56 Å². The van der Waals surface area contributed by atoms with Crippen molar-refractivity contribution in [3.05, 3.63) is 33.8 Å². The van der Waals surface area contributed by atoms with Crippen molar-refractivity contribution in [2.45, 2.75) is 45.0 Å². The van der Waals surface area contributed by atoms with Crippen LogP contribution >= 0.6 is 15.9 Å². The van der Waals surface area contributed by atoms with E-state index < -0.39 is 23.9 Å². The normalized spacial score (nSPS) is 15.4. The Morgan fingerprint density at radius 1 is 1.25 bits per heavy atom. The number of hydrogen-bond donors (Lipinski definition) is 2. The van der Waals surface area contributed by atoms with Gasteiger partial charge in [-0.3, -0.25) is 0 Å². The zero-order chi connectivity index (χ0) is 15.5. The molecule has 0 bridgehead atoms. The molecule has 2 atom stereocenters. The maximum absolute atomic E-state index is 12.7. The van der Waals surface area contributed by atoms with Crippen molar-refractivity contribution in [1.82, 2.24) is 0 Å². The van der Waals surface area contributed by atoms with Crippen LogP contribution in [0.2, 0.25) is 0 Å². The molecule has 0 spiro atoms. The number of aliphatic hydroxyl groups is 1. The van der Waals surface area contributed by atoms with Crippen molar-refractivity contribution in [3.8, 4) is 0 Å². The van der Waals surface area contributed by atoms with E-state index in [9.17, 15) is 18.3 Å². The predicted octanol–water partition coefficient (Wildman–Crippen LogP) is 4.26. The van der Waals surface area contributed by atoms with Crippen LogP contribution in [0.3, 0.4) is 0 Å². The average Bonchev–Trinajstić information content (AvgIpc) is 2.34. The molecule has 2 nitrogen and oxygen atoms in total. The minimum atomic E-state index is -4.42. The highest BCUT2D eigenvalue weighted by molar-refractivity contribution is 9.10. The lowest BCUT2D eigenvalue weighted by molar-refractivity contribution is -0.137. The molecule has 0 heterocycles. The topological polar surface area (TPSA) is 46.2 Å². The van der Waals surface area contributed by atoms with Gasteiger partial charge in [0.25, 0.3) is 0 Å². The molecule has 1 aromatic rings. The van der Waals surface area contributed by atoms with Crippen LogP contribution in [-0.2, 0) is 6.18 Å². The zero-order valence-electron chi connectivity index (χ0n) is 11.4. The van der Waals surface area contributed by atoms with Gasteiger partial charge in [0, 0.05) is 4.47 Å². The van der Waals surface area contributed by atoms with Crippen LogP contribution in [-0.4, -0.2) is 11.2 Å². The van der Waals surface area contributed by atoms with Crippen molar-refractivity contribution in [3.63, 3.8) is 0 Å². The number of aliphatic hydroxyl groups excluding tert-OH is 1. The summed E-state index contributed by atoms with van der Waals surface area (Å²) in [6.45, 7) is 4.02. The lowest BCUT2D eigenvalue weighted by Crippen LogP contribution is -2.27. The summed E-state index contributed by atoms with van der Waals surface area (Å²) in [5, 5.41) is 10.0. The first-order valence-corrected chi connectivity index (χ1v) is 7.22. The molecule has 0 aliphatic rings. The number of hydrogen-bond acceptors (Lipinski definition) is 2. The van der Waals surface area contributed by atoms with Gasteiger partial charge in [0.1, 0.15) is 0 Å². The first-order chi connectivity index (χ1) is 9.12. The second kappa shape index (κ2) is 6.91. The summed E-state index contributed by atoms with van der Waals surface area (Å²) < 4.78 is 38.6. The van der Waals surface area contributed by atoms with Gasteiger partial charge >= 0.3 is 6.18 Å². The summed E-state index contributed by atoms with van der Waals surface area (Å²) in [7, 11) is 0. The third-order valence-corrected chi connectivity index (χ3v) is 3.86. The lowest BCUT2D eigenvalue weighted by Gasteiger charge is -2.22. The lowest BCUT2D eigenvalue weighted by atomic mass is 9.95. The molecule has 0 saturated heterocycles. The van der Waals surface area contributed by atoms with E-state index in [1.807, 2.05) is 13.8 Å². The first-order valence-electron chi connectivity index (χ1n) is 6.43. The van der Waals surface area contributed by atoms with E-state index in [0.29, 0.717) is 16.8 Å². The molecule has 20 heavy (non-hydrogen) atoms. The third-order valence-electron chi connectivity index (χ3n) is 3.14. The van der Waals surface area contributed by atoms with Gasteiger partial charge in [-0.05, 0) is 42.5 Å². The molecule has 3 N–H and O–H groups in total. The van der Waals surface area contributed by atoms with E-state index in [1.54, 1.807) is 0 Å². The number of nitrogens with two attached hydrogens (primary N) is 1. The Balaban J connectivity index is 2.94. The average molecular weight is 354 g/mol. The molecular formula is C14H19BrF3NO. The molecule has 1 rings (SSSR count). The first kappa shape index (κ1) is 17.5. The van der Waals surface area contributed by atoms with Gasteiger partial charge < -0.3 is 10.8 Å².